The van der Waals surface area contributed by atoms with Gasteiger partial charge in [-0.15, -0.1) is 0 Å². The van der Waals surface area contributed by atoms with Crippen LogP contribution in [0.4, 0.5) is 5.69 Å². The molecule has 1 rings (SSSR count). The van der Waals surface area contributed by atoms with Crippen LogP contribution in [0.3, 0.4) is 0 Å². The molecule has 14 heavy (non-hydrogen) atoms. The molecule has 0 radical (unpaired) electrons. The van der Waals surface area contributed by atoms with Crippen molar-refractivity contribution in [1.29, 1.82) is 0 Å². The van der Waals surface area contributed by atoms with Gasteiger partial charge >= 0.3 is 0 Å². The van der Waals surface area contributed by atoms with Gasteiger partial charge in [-0.3, -0.25) is 0 Å². The first-order valence-corrected chi connectivity index (χ1v) is 6.18. The number of hydrogen-bond donors (Lipinski definition) is 0. The standard InChI is InChI=1S/C12H18IN/c1-4-5-6-10-9-11(13)7-8-12(10)14(2)3/h7-9H,4-6H2,1-3H3. The van der Waals surface area contributed by atoms with Crippen LogP contribution in [0.2, 0.25) is 0 Å². The molecule has 1 nitrogen and oxygen atoms in total. The Morgan fingerprint density at radius 3 is 2.57 bits per heavy atom. The van der Waals surface area contributed by atoms with E-state index in [9.17, 15) is 0 Å². The van der Waals surface area contributed by atoms with E-state index in [1.54, 1.807) is 0 Å². The Kier molecular flexibility index (Phi) is 4.72. The fourth-order valence-electron chi connectivity index (χ4n) is 1.56. The molecule has 0 aliphatic carbocycles. The monoisotopic (exact) mass is 303 g/mol. The number of unbranched alkanes of at least 4 members (excludes halogenated alkanes) is 1. The molecule has 0 aromatic heterocycles. The van der Waals surface area contributed by atoms with Gasteiger partial charge in [0, 0.05) is 23.4 Å². The van der Waals surface area contributed by atoms with Crippen molar-refractivity contribution in [3.63, 3.8) is 0 Å². The van der Waals surface area contributed by atoms with Gasteiger partial charge in [0.2, 0.25) is 0 Å². The second-order valence-electron chi connectivity index (χ2n) is 3.77. The van der Waals surface area contributed by atoms with Crippen LogP contribution in [0.1, 0.15) is 25.3 Å². The highest BCUT2D eigenvalue weighted by Gasteiger charge is 2.04. The summed E-state index contributed by atoms with van der Waals surface area (Å²) in [7, 11) is 4.22. The maximum absolute atomic E-state index is 2.38. The Balaban J connectivity index is 2.91. The van der Waals surface area contributed by atoms with Gasteiger partial charge in [0.15, 0.2) is 0 Å². The van der Waals surface area contributed by atoms with E-state index in [-0.39, 0.29) is 0 Å². The normalized spacial score (nSPS) is 10.3. The Morgan fingerprint density at radius 1 is 1.29 bits per heavy atom. The number of hydrogen-bond acceptors (Lipinski definition) is 1. The molecule has 0 bridgehead atoms. The van der Waals surface area contributed by atoms with E-state index in [1.807, 2.05) is 0 Å². The van der Waals surface area contributed by atoms with Crippen molar-refractivity contribution in [1.82, 2.24) is 0 Å². The minimum absolute atomic E-state index is 1.20. The summed E-state index contributed by atoms with van der Waals surface area (Å²) in [6.45, 7) is 2.24. The summed E-state index contributed by atoms with van der Waals surface area (Å²) in [4.78, 5) is 2.20. The first kappa shape index (κ1) is 11.8. The minimum Gasteiger partial charge on any atom is -0.377 e. The number of halogens is 1. The predicted molar refractivity (Wildman–Crippen MR) is 72.1 cm³/mol. The highest BCUT2D eigenvalue weighted by atomic mass is 127. The molecule has 0 aliphatic heterocycles. The van der Waals surface area contributed by atoms with Crippen molar-refractivity contribution >= 4 is 28.3 Å². The SMILES string of the molecule is CCCCc1cc(I)ccc1N(C)C. The molecular weight excluding hydrogens is 285 g/mol. The largest absolute Gasteiger partial charge is 0.377 e. The summed E-state index contributed by atoms with van der Waals surface area (Å²) in [6, 6.07) is 6.68. The van der Waals surface area contributed by atoms with Crippen molar-refractivity contribution in [2.24, 2.45) is 0 Å². The van der Waals surface area contributed by atoms with Crippen molar-refractivity contribution in [3.05, 3.63) is 27.3 Å². The summed E-state index contributed by atoms with van der Waals surface area (Å²) in [6.07, 6.45) is 3.74. The van der Waals surface area contributed by atoms with E-state index >= 15 is 0 Å². The van der Waals surface area contributed by atoms with E-state index in [1.165, 1.54) is 34.1 Å². The second-order valence-corrected chi connectivity index (χ2v) is 5.02. The molecule has 2 heteroatoms. The zero-order valence-corrected chi connectivity index (χ0v) is 11.3. The molecule has 0 saturated carbocycles. The van der Waals surface area contributed by atoms with E-state index in [4.69, 9.17) is 0 Å². The Labute approximate surface area is 101 Å². The van der Waals surface area contributed by atoms with E-state index in [2.05, 4.69) is 66.7 Å². The lowest BCUT2D eigenvalue weighted by molar-refractivity contribution is 0.792. The average Bonchev–Trinajstić information content (AvgIpc) is 2.14. The maximum Gasteiger partial charge on any atom is 0.0394 e. The molecule has 78 valence electrons. The topological polar surface area (TPSA) is 3.24 Å². The van der Waals surface area contributed by atoms with Crippen LogP contribution in [0.25, 0.3) is 0 Å². The maximum atomic E-state index is 2.38. The number of rotatable bonds is 4. The van der Waals surface area contributed by atoms with Gasteiger partial charge in [0.05, 0.1) is 0 Å². The van der Waals surface area contributed by atoms with Gasteiger partial charge < -0.3 is 4.90 Å². The van der Waals surface area contributed by atoms with Gasteiger partial charge in [0.1, 0.15) is 0 Å². The fraction of sp³-hybridized carbons (Fsp3) is 0.500. The van der Waals surface area contributed by atoms with Gasteiger partial charge in [-0.1, -0.05) is 13.3 Å². The number of nitrogens with zero attached hydrogens (tertiary/aromatic N) is 1. The molecule has 0 aliphatic rings. The highest BCUT2D eigenvalue weighted by molar-refractivity contribution is 14.1. The lowest BCUT2D eigenvalue weighted by atomic mass is 10.1. The molecule has 0 unspecified atom stereocenters. The van der Waals surface area contributed by atoms with E-state index in [0.717, 1.165) is 0 Å². The van der Waals surface area contributed by atoms with Crippen LogP contribution < -0.4 is 4.90 Å². The first-order chi connectivity index (χ1) is 6.65. The Bertz CT molecular complexity index is 294. The molecular formula is C12H18IN. The van der Waals surface area contributed by atoms with Gasteiger partial charge in [-0.05, 0) is 59.2 Å². The number of anilines is 1. The van der Waals surface area contributed by atoms with Gasteiger partial charge in [0.25, 0.3) is 0 Å². The summed E-state index contributed by atoms with van der Waals surface area (Å²) >= 11 is 2.38. The molecule has 0 N–H and O–H groups in total. The van der Waals surface area contributed by atoms with Crippen molar-refractivity contribution in [2.45, 2.75) is 26.2 Å². The molecule has 0 atom stereocenters. The van der Waals surface area contributed by atoms with Crippen molar-refractivity contribution < 1.29 is 0 Å². The fourth-order valence-corrected chi connectivity index (χ4v) is 2.11. The quantitative estimate of drug-likeness (QED) is 0.767. The summed E-state index contributed by atoms with van der Waals surface area (Å²) in [5.74, 6) is 0. The van der Waals surface area contributed by atoms with Crippen LogP contribution in [0, 0.1) is 3.57 Å². The van der Waals surface area contributed by atoms with Crippen LogP contribution in [-0.4, -0.2) is 14.1 Å². The third-order valence-corrected chi connectivity index (χ3v) is 2.99. The molecule has 1 aromatic carbocycles. The second kappa shape index (κ2) is 5.59. The smallest absolute Gasteiger partial charge is 0.0394 e. The molecule has 0 saturated heterocycles. The van der Waals surface area contributed by atoms with Crippen LogP contribution in [0.5, 0.6) is 0 Å². The van der Waals surface area contributed by atoms with Crippen molar-refractivity contribution in [2.75, 3.05) is 19.0 Å². The van der Waals surface area contributed by atoms with Gasteiger partial charge in [-0.2, -0.15) is 0 Å². The highest BCUT2D eigenvalue weighted by Crippen LogP contribution is 2.22. The summed E-state index contributed by atoms with van der Waals surface area (Å²) < 4.78 is 1.33. The van der Waals surface area contributed by atoms with E-state index < -0.39 is 0 Å². The van der Waals surface area contributed by atoms with E-state index in [0.29, 0.717) is 0 Å². The first-order valence-electron chi connectivity index (χ1n) is 5.11. The summed E-state index contributed by atoms with van der Waals surface area (Å²) in [5, 5.41) is 0. The predicted octanol–water partition coefficient (Wildman–Crippen LogP) is 3.70. The summed E-state index contributed by atoms with van der Waals surface area (Å²) in [5.41, 5.74) is 2.84. The number of aryl methyl sites for hydroxylation is 1. The zero-order chi connectivity index (χ0) is 10.6. The third-order valence-electron chi connectivity index (χ3n) is 2.32. The molecule has 0 heterocycles. The number of benzene rings is 1. The van der Waals surface area contributed by atoms with Crippen LogP contribution in [0.15, 0.2) is 18.2 Å². The van der Waals surface area contributed by atoms with Crippen LogP contribution >= 0.6 is 22.6 Å². The van der Waals surface area contributed by atoms with Crippen LogP contribution in [-0.2, 0) is 6.42 Å². The molecule has 0 fully saturated rings. The lowest BCUT2D eigenvalue weighted by Gasteiger charge is -2.17. The minimum atomic E-state index is 1.20. The zero-order valence-electron chi connectivity index (χ0n) is 9.18. The Hall–Kier alpha value is -0.250. The Morgan fingerprint density at radius 2 is 2.00 bits per heavy atom. The van der Waals surface area contributed by atoms with Crippen molar-refractivity contribution in [3.8, 4) is 0 Å². The third kappa shape index (κ3) is 3.15. The molecule has 0 amide bonds. The molecule has 0 spiro atoms. The lowest BCUT2D eigenvalue weighted by Crippen LogP contribution is -2.11. The molecule has 1 aromatic rings. The average molecular weight is 303 g/mol. The van der Waals surface area contributed by atoms with Gasteiger partial charge in [-0.25, -0.2) is 0 Å².